The highest BCUT2D eigenvalue weighted by molar-refractivity contribution is 5.70. The molecule has 0 saturated carbocycles. The van der Waals surface area contributed by atoms with Gasteiger partial charge in [0.05, 0.1) is 12.1 Å². The minimum absolute atomic E-state index is 0.0138. The van der Waals surface area contributed by atoms with E-state index in [1.165, 1.54) is 0 Å². The van der Waals surface area contributed by atoms with Gasteiger partial charge >= 0.3 is 5.97 Å². The number of nitrogens with one attached hydrogen (secondary N) is 1. The van der Waals surface area contributed by atoms with E-state index >= 15 is 0 Å². The topological polar surface area (TPSA) is 101 Å². The Morgan fingerprint density at radius 3 is 2.74 bits per heavy atom. The summed E-state index contributed by atoms with van der Waals surface area (Å²) in [4.78, 5) is 14.8. The van der Waals surface area contributed by atoms with Crippen molar-refractivity contribution in [1.82, 2.24) is 4.98 Å². The van der Waals surface area contributed by atoms with Crippen LogP contribution in [0.4, 0.5) is 11.7 Å². The number of hydrogen-bond acceptors (Lipinski definition) is 5. The molecule has 100 valence electrons. The highest BCUT2D eigenvalue weighted by Gasteiger charge is 2.04. The van der Waals surface area contributed by atoms with Crippen molar-refractivity contribution in [2.75, 3.05) is 11.9 Å². The first-order valence-corrected chi connectivity index (χ1v) is 5.89. The molecule has 0 saturated heterocycles. The van der Waals surface area contributed by atoms with Crippen LogP contribution in [0, 0.1) is 0 Å². The van der Waals surface area contributed by atoms with E-state index in [0.717, 1.165) is 16.9 Å². The van der Waals surface area contributed by atoms with Crippen LogP contribution in [-0.4, -0.2) is 22.6 Å². The van der Waals surface area contributed by atoms with Crippen LogP contribution in [0.2, 0.25) is 0 Å². The summed E-state index contributed by atoms with van der Waals surface area (Å²) < 4.78 is 5.24. The fourth-order valence-corrected chi connectivity index (χ4v) is 1.63. The van der Waals surface area contributed by atoms with Crippen molar-refractivity contribution < 1.29 is 14.3 Å². The predicted octanol–water partition coefficient (Wildman–Crippen LogP) is 1.55. The number of aliphatic carboxylic acids is 1. The molecular weight excluding hydrogens is 246 g/mol. The van der Waals surface area contributed by atoms with Crippen molar-refractivity contribution in [3.8, 4) is 0 Å². The molecule has 0 spiro atoms. The number of anilines is 2. The van der Waals surface area contributed by atoms with Gasteiger partial charge in [0.25, 0.3) is 6.01 Å². The second-order valence-corrected chi connectivity index (χ2v) is 4.08. The Morgan fingerprint density at radius 2 is 2.11 bits per heavy atom. The first-order valence-electron chi connectivity index (χ1n) is 5.89. The SMILES string of the molecule is NCCc1coc(Nc2ccc(CC(=O)O)cc2)n1. The standard InChI is InChI=1S/C13H15N3O3/c14-6-5-11-8-19-13(16-11)15-10-3-1-9(2-4-10)7-12(17)18/h1-4,8H,5-7,14H2,(H,15,16)(H,17,18). The Balaban J connectivity index is 2.00. The number of nitrogens with two attached hydrogens (primary N) is 1. The summed E-state index contributed by atoms with van der Waals surface area (Å²) >= 11 is 0. The maximum Gasteiger partial charge on any atom is 0.307 e. The van der Waals surface area contributed by atoms with E-state index in [2.05, 4.69) is 10.3 Å². The number of carbonyl (C=O) groups is 1. The predicted molar refractivity (Wildman–Crippen MR) is 70.3 cm³/mol. The van der Waals surface area contributed by atoms with Gasteiger partial charge in [-0.15, -0.1) is 0 Å². The Hall–Kier alpha value is -2.34. The van der Waals surface area contributed by atoms with Crippen molar-refractivity contribution >= 4 is 17.7 Å². The zero-order valence-corrected chi connectivity index (χ0v) is 10.3. The lowest BCUT2D eigenvalue weighted by Gasteiger charge is -2.02. The van der Waals surface area contributed by atoms with E-state index in [1.807, 2.05) is 0 Å². The summed E-state index contributed by atoms with van der Waals surface area (Å²) in [5, 5.41) is 11.7. The van der Waals surface area contributed by atoms with Crippen molar-refractivity contribution in [2.24, 2.45) is 5.73 Å². The molecule has 19 heavy (non-hydrogen) atoms. The van der Waals surface area contributed by atoms with E-state index in [1.54, 1.807) is 30.5 Å². The van der Waals surface area contributed by atoms with E-state index in [0.29, 0.717) is 19.0 Å². The monoisotopic (exact) mass is 261 g/mol. The Kier molecular flexibility index (Phi) is 4.15. The van der Waals surface area contributed by atoms with Crippen molar-refractivity contribution in [1.29, 1.82) is 0 Å². The lowest BCUT2D eigenvalue weighted by molar-refractivity contribution is -0.136. The summed E-state index contributed by atoms with van der Waals surface area (Å²) in [5.74, 6) is -0.847. The molecule has 0 unspecified atom stereocenters. The molecule has 0 aliphatic heterocycles. The molecule has 2 rings (SSSR count). The summed E-state index contributed by atoms with van der Waals surface area (Å²) in [7, 11) is 0. The molecule has 0 atom stereocenters. The van der Waals surface area contributed by atoms with Gasteiger partial charge in [-0.1, -0.05) is 12.1 Å². The van der Waals surface area contributed by atoms with Crippen molar-refractivity contribution in [2.45, 2.75) is 12.8 Å². The molecule has 0 bridgehead atoms. The third kappa shape index (κ3) is 3.82. The molecule has 6 nitrogen and oxygen atoms in total. The summed E-state index contributed by atoms with van der Waals surface area (Å²) in [6.45, 7) is 0.524. The number of aromatic nitrogens is 1. The zero-order valence-electron chi connectivity index (χ0n) is 10.3. The Labute approximate surface area is 110 Å². The van der Waals surface area contributed by atoms with Crippen LogP contribution in [0.1, 0.15) is 11.3 Å². The molecule has 0 aliphatic carbocycles. The van der Waals surface area contributed by atoms with Crippen LogP contribution in [0.5, 0.6) is 0 Å². The van der Waals surface area contributed by atoms with Gasteiger partial charge in [-0.05, 0) is 24.2 Å². The highest BCUT2D eigenvalue weighted by Crippen LogP contribution is 2.17. The molecule has 0 aliphatic rings. The maximum absolute atomic E-state index is 10.6. The second kappa shape index (κ2) is 6.01. The van der Waals surface area contributed by atoms with Gasteiger partial charge in [-0.25, -0.2) is 0 Å². The zero-order chi connectivity index (χ0) is 13.7. The lowest BCUT2D eigenvalue weighted by atomic mass is 10.1. The third-order valence-corrected chi connectivity index (χ3v) is 2.51. The number of carboxylic acid groups (broad SMARTS) is 1. The molecule has 4 N–H and O–H groups in total. The van der Waals surface area contributed by atoms with Crippen LogP contribution >= 0.6 is 0 Å². The molecule has 1 aromatic carbocycles. The van der Waals surface area contributed by atoms with Crippen molar-refractivity contribution in [3.63, 3.8) is 0 Å². The van der Waals surface area contributed by atoms with Gasteiger partial charge in [0.2, 0.25) is 0 Å². The molecule has 1 heterocycles. The molecule has 0 radical (unpaired) electrons. The Bertz CT molecular complexity index is 549. The molecule has 1 aromatic heterocycles. The van der Waals surface area contributed by atoms with Gasteiger partial charge < -0.3 is 20.6 Å². The van der Waals surface area contributed by atoms with Gasteiger partial charge in [0.1, 0.15) is 6.26 Å². The molecule has 2 aromatic rings. The minimum atomic E-state index is -0.847. The average Bonchev–Trinajstić information content (AvgIpc) is 2.79. The third-order valence-electron chi connectivity index (χ3n) is 2.51. The number of benzene rings is 1. The number of oxazole rings is 1. The van der Waals surface area contributed by atoms with E-state index in [4.69, 9.17) is 15.3 Å². The first-order chi connectivity index (χ1) is 9.17. The Morgan fingerprint density at radius 1 is 1.37 bits per heavy atom. The van der Waals surface area contributed by atoms with E-state index in [9.17, 15) is 4.79 Å². The second-order valence-electron chi connectivity index (χ2n) is 4.08. The molecular formula is C13H15N3O3. The smallest absolute Gasteiger partial charge is 0.307 e. The number of rotatable bonds is 6. The van der Waals surface area contributed by atoms with Crippen LogP contribution in [-0.2, 0) is 17.6 Å². The fraction of sp³-hybridized carbons (Fsp3) is 0.231. The number of carboxylic acids is 1. The van der Waals surface area contributed by atoms with E-state index < -0.39 is 5.97 Å². The van der Waals surface area contributed by atoms with Crippen molar-refractivity contribution in [3.05, 3.63) is 41.8 Å². The summed E-state index contributed by atoms with van der Waals surface area (Å²) in [6, 6.07) is 7.46. The lowest BCUT2D eigenvalue weighted by Crippen LogP contribution is -2.03. The molecule has 6 heteroatoms. The average molecular weight is 261 g/mol. The van der Waals surface area contributed by atoms with Crippen LogP contribution in [0.3, 0.4) is 0 Å². The van der Waals surface area contributed by atoms with Gasteiger partial charge in [-0.3, -0.25) is 4.79 Å². The minimum Gasteiger partial charge on any atom is -0.481 e. The summed E-state index contributed by atoms with van der Waals surface area (Å²) in [6.07, 6.45) is 2.25. The van der Waals surface area contributed by atoms with Crippen LogP contribution in [0.25, 0.3) is 0 Å². The molecule has 0 amide bonds. The van der Waals surface area contributed by atoms with Gasteiger partial charge in [0.15, 0.2) is 0 Å². The normalized spacial score (nSPS) is 10.4. The molecule has 0 fully saturated rings. The van der Waals surface area contributed by atoms with E-state index in [-0.39, 0.29) is 6.42 Å². The quantitative estimate of drug-likeness (QED) is 0.729. The maximum atomic E-state index is 10.6. The highest BCUT2D eigenvalue weighted by atomic mass is 16.4. The fourth-order valence-electron chi connectivity index (χ4n) is 1.63. The number of hydrogen-bond donors (Lipinski definition) is 3. The summed E-state index contributed by atoms with van der Waals surface area (Å²) in [5.41, 5.74) is 7.76. The van der Waals surface area contributed by atoms with Gasteiger partial charge in [-0.2, -0.15) is 4.98 Å². The van der Waals surface area contributed by atoms with Crippen LogP contribution in [0.15, 0.2) is 34.9 Å². The van der Waals surface area contributed by atoms with Gasteiger partial charge in [0, 0.05) is 12.1 Å². The van der Waals surface area contributed by atoms with Crippen LogP contribution < -0.4 is 11.1 Å². The first kappa shape index (κ1) is 13.1. The largest absolute Gasteiger partial charge is 0.481 e. The number of nitrogens with zero attached hydrogens (tertiary/aromatic N) is 1.